The lowest BCUT2D eigenvalue weighted by Crippen LogP contribution is -2.24. The van der Waals surface area contributed by atoms with E-state index in [1.165, 1.54) is 6.33 Å². The van der Waals surface area contributed by atoms with Gasteiger partial charge in [-0.2, -0.15) is 4.98 Å². The Morgan fingerprint density at radius 1 is 1.57 bits per heavy atom. The molecule has 3 heterocycles. The highest BCUT2D eigenvalue weighted by molar-refractivity contribution is 5.70. The predicted molar refractivity (Wildman–Crippen MR) is 79.8 cm³/mol. The second-order valence-corrected chi connectivity index (χ2v) is 5.24. The summed E-state index contributed by atoms with van der Waals surface area (Å²) < 4.78 is 18.1. The Balaban J connectivity index is 1.93. The average molecular weight is 325 g/mol. The van der Waals surface area contributed by atoms with Crippen molar-refractivity contribution < 1.29 is 19.3 Å². The molecule has 0 saturated carbocycles. The second-order valence-electron chi connectivity index (χ2n) is 5.24. The van der Waals surface area contributed by atoms with Gasteiger partial charge < -0.3 is 25.1 Å². The molecule has 1 fully saturated rings. The molecule has 2 aromatic rings. The first kappa shape index (κ1) is 15.9. The van der Waals surface area contributed by atoms with E-state index in [1.54, 1.807) is 11.7 Å². The van der Waals surface area contributed by atoms with E-state index in [9.17, 15) is 9.90 Å². The highest BCUT2D eigenvalue weighted by atomic mass is 16.6. The molecule has 3 rings (SSSR count). The van der Waals surface area contributed by atoms with Gasteiger partial charge in [-0.1, -0.05) is 0 Å². The number of nitrogen functional groups attached to an aromatic ring is 1. The fourth-order valence-electron chi connectivity index (χ4n) is 2.64. The number of hydrogen-bond donors (Lipinski definition) is 3. The van der Waals surface area contributed by atoms with Crippen molar-refractivity contribution in [3.63, 3.8) is 0 Å². The van der Waals surface area contributed by atoms with Gasteiger partial charge in [0.25, 0.3) is 5.56 Å². The maximum atomic E-state index is 11.9. The molecule has 10 heteroatoms. The minimum absolute atomic E-state index is 0.00203. The number of aliphatic hydroxyl groups is 1. The van der Waals surface area contributed by atoms with Crippen LogP contribution in [-0.2, 0) is 14.2 Å². The van der Waals surface area contributed by atoms with E-state index in [0.29, 0.717) is 25.3 Å². The van der Waals surface area contributed by atoms with Crippen molar-refractivity contribution in [1.82, 2.24) is 19.5 Å². The van der Waals surface area contributed by atoms with Gasteiger partial charge in [0, 0.05) is 13.5 Å². The number of aromatic amines is 1. The third kappa shape index (κ3) is 3.06. The molecule has 0 radical (unpaired) electrons. The average Bonchev–Trinajstić information content (AvgIpc) is 3.11. The summed E-state index contributed by atoms with van der Waals surface area (Å²) in [5.41, 5.74) is 5.67. The maximum absolute atomic E-state index is 11.9. The SMILES string of the molecule is COCCO[C@H]1C[C@@H](CO)O[C@H]1n1cnc2c(=O)[nH]c(N)nc21. The van der Waals surface area contributed by atoms with E-state index in [-0.39, 0.29) is 30.3 Å². The molecule has 126 valence electrons. The minimum Gasteiger partial charge on any atom is -0.394 e. The first-order chi connectivity index (χ1) is 11.1. The molecule has 0 amide bonds. The monoisotopic (exact) mass is 325 g/mol. The van der Waals surface area contributed by atoms with Crippen LogP contribution < -0.4 is 11.3 Å². The van der Waals surface area contributed by atoms with Gasteiger partial charge in [-0.25, -0.2) is 4.98 Å². The number of methoxy groups -OCH3 is 1. The summed E-state index contributed by atoms with van der Waals surface area (Å²) in [6, 6.07) is 0. The Labute approximate surface area is 131 Å². The van der Waals surface area contributed by atoms with Crippen molar-refractivity contribution in [2.24, 2.45) is 0 Å². The Morgan fingerprint density at radius 2 is 2.39 bits per heavy atom. The van der Waals surface area contributed by atoms with Crippen molar-refractivity contribution in [2.75, 3.05) is 32.7 Å². The minimum atomic E-state index is -0.553. The number of anilines is 1. The number of nitrogens with two attached hydrogens (primary N) is 1. The van der Waals surface area contributed by atoms with Gasteiger partial charge in [-0.3, -0.25) is 14.3 Å². The summed E-state index contributed by atoms with van der Waals surface area (Å²) in [7, 11) is 1.59. The van der Waals surface area contributed by atoms with E-state index >= 15 is 0 Å². The molecule has 0 spiro atoms. The van der Waals surface area contributed by atoms with Gasteiger partial charge in [-0.05, 0) is 0 Å². The Bertz CT molecular complexity index is 729. The fraction of sp³-hybridized carbons (Fsp3) is 0.615. The number of aromatic nitrogens is 4. The van der Waals surface area contributed by atoms with Crippen molar-refractivity contribution >= 4 is 17.1 Å². The van der Waals surface area contributed by atoms with Crippen LogP contribution in [0.1, 0.15) is 12.6 Å². The first-order valence-corrected chi connectivity index (χ1v) is 7.23. The molecule has 2 aromatic heterocycles. The number of nitrogens with zero attached hydrogens (tertiary/aromatic N) is 3. The number of fused-ring (bicyclic) bond motifs is 1. The molecule has 4 N–H and O–H groups in total. The lowest BCUT2D eigenvalue weighted by Gasteiger charge is -2.20. The topological polar surface area (TPSA) is 138 Å². The number of rotatable bonds is 6. The highest BCUT2D eigenvalue weighted by Gasteiger charge is 2.38. The zero-order valence-corrected chi connectivity index (χ0v) is 12.6. The number of aliphatic hydroxyl groups excluding tert-OH is 1. The second kappa shape index (κ2) is 6.62. The van der Waals surface area contributed by atoms with Crippen molar-refractivity contribution in [2.45, 2.75) is 24.9 Å². The summed E-state index contributed by atoms with van der Waals surface area (Å²) in [6.07, 6.45) is 0.751. The summed E-state index contributed by atoms with van der Waals surface area (Å²) in [4.78, 5) is 22.4. The van der Waals surface area contributed by atoms with Crippen LogP contribution in [0.4, 0.5) is 5.95 Å². The number of hydrogen-bond acceptors (Lipinski definition) is 8. The van der Waals surface area contributed by atoms with Crippen LogP contribution in [0.3, 0.4) is 0 Å². The van der Waals surface area contributed by atoms with Crippen LogP contribution in [0.5, 0.6) is 0 Å². The number of nitrogens with one attached hydrogen (secondary N) is 1. The molecule has 0 bridgehead atoms. The molecule has 10 nitrogen and oxygen atoms in total. The van der Waals surface area contributed by atoms with E-state index in [0.717, 1.165) is 0 Å². The number of imidazole rings is 1. The molecule has 3 atom stereocenters. The standard InChI is InChI=1S/C13H19N5O5/c1-21-2-3-22-8-4-7(5-19)23-12(8)18-6-15-9-10(18)16-13(14)17-11(9)20/h6-8,12,19H,2-5H2,1H3,(H3,14,16,17,20)/t7-,8-,12+/m0/s1. The van der Waals surface area contributed by atoms with Gasteiger partial charge in [0.05, 0.1) is 32.3 Å². The third-order valence-corrected chi connectivity index (χ3v) is 3.69. The van der Waals surface area contributed by atoms with Gasteiger partial charge in [0.15, 0.2) is 17.4 Å². The molecule has 23 heavy (non-hydrogen) atoms. The van der Waals surface area contributed by atoms with Gasteiger partial charge in [0.2, 0.25) is 5.95 Å². The van der Waals surface area contributed by atoms with Crippen molar-refractivity contribution in [3.8, 4) is 0 Å². The Kier molecular flexibility index (Phi) is 4.57. The van der Waals surface area contributed by atoms with E-state index in [1.807, 2.05) is 0 Å². The van der Waals surface area contributed by atoms with Gasteiger partial charge >= 0.3 is 0 Å². The largest absolute Gasteiger partial charge is 0.394 e. The van der Waals surface area contributed by atoms with Crippen LogP contribution in [-0.4, -0.2) is 63.8 Å². The Morgan fingerprint density at radius 3 is 3.13 bits per heavy atom. The summed E-state index contributed by atoms with van der Waals surface area (Å²) in [5.74, 6) is -0.00203. The molecular formula is C13H19N5O5. The maximum Gasteiger partial charge on any atom is 0.280 e. The van der Waals surface area contributed by atoms with Crippen LogP contribution in [0.15, 0.2) is 11.1 Å². The molecule has 0 unspecified atom stereocenters. The Hall–Kier alpha value is -2.01. The molecule has 1 aliphatic rings. The summed E-state index contributed by atoms with van der Waals surface area (Å²) >= 11 is 0. The van der Waals surface area contributed by atoms with Crippen LogP contribution in [0, 0.1) is 0 Å². The summed E-state index contributed by atoms with van der Waals surface area (Å²) in [5, 5.41) is 9.35. The highest BCUT2D eigenvalue weighted by Crippen LogP contribution is 2.32. The quantitative estimate of drug-likeness (QED) is 0.576. The lowest BCUT2D eigenvalue weighted by molar-refractivity contribution is -0.0749. The smallest absolute Gasteiger partial charge is 0.280 e. The molecule has 0 aliphatic carbocycles. The molecular weight excluding hydrogens is 306 g/mol. The zero-order chi connectivity index (χ0) is 16.4. The lowest BCUT2D eigenvalue weighted by atomic mass is 10.2. The van der Waals surface area contributed by atoms with E-state index < -0.39 is 11.8 Å². The van der Waals surface area contributed by atoms with E-state index in [2.05, 4.69) is 15.0 Å². The van der Waals surface area contributed by atoms with Crippen LogP contribution in [0.2, 0.25) is 0 Å². The normalized spacial score (nSPS) is 24.5. The fourth-order valence-corrected chi connectivity index (χ4v) is 2.64. The van der Waals surface area contributed by atoms with Crippen molar-refractivity contribution in [1.29, 1.82) is 0 Å². The third-order valence-electron chi connectivity index (χ3n) is 3.69. The van der Waals surface area contributed by atoms with Crippen LogP contribution in [0.25, 0.3) is 11.2 Å². The predicted octanol–water partition coefficient (Wildman–Crippen LogP) is -0.987. The number of ether oxygens (including phenoxy) is 3. The molecule has 1 saturated heterocycles. The van der Waals surface area contributed by atoms with Gasteiger partial charge in [0.1, 0.15) is 6.10 Å². The summed E-state index contributed by atoms with van der Waals surface area (Å²) in [6.45, 7) is 0.716. The number of H-pyrrole nitrogens is 1. The zero-order valence-electron chi connectivity index (χ0n) is 12.6. The first-order valence-electron chi connectivity index (χ1n) is 7.23. The van der Waals surface area contributed by atoms with Crippen molar-refractivity contribution in [3.05, 3.63) is 16.7 Å². The van der Waals surface area contributed by atoms with Crippen LogP contribution >= 0.6 is 0 Å². The van der Waals surface area contributed by atoms with E-state index in [4.69, 9.17) is 19.9 Å². The van der Waals surface area contributed by atoms with Gasteiger partial charge in [-0.15, -0.1) is 0 Å². The molecule has 0 aromatic carbocycles. The molecule has 1 aliphatic heterocycles.